The lowest BCUT2D eigenvalue weighted by Gasteiger charge is -2.27. The molecule has 6 heteroatoms. The van der Waals surface area contributed by atoms with E-state index in [-0.39, 0.29) is 0 Å². The fourth-order valence-corrected chi connectivity index (χ4v) is 2.59. The van der Waals surface area contributed by atoms with Gasteiger partial charge in [0.25, 0.3) is 0 Å². The third kappa shape index (κ3) is 4.03. The van der Waals surface area contributed by atoms with Gasteiger partial charge in [0, 0.05) is 19.6 Å². The molecule has 6 nitrogen and oxygen atoms in total. The summed E-state index contributed by atoms with van der Waals surface area (Å²) in [5.74, 6) is 1.65. The first-order chi connectivity index (χ1) is 10.7. The summed E-state index contributed by atoms with van der Waals surface area (Å²) < 4.78 is 21.3. The first-order valence-electron chi connectivity index (χ1n) is 7.47. The Kier molecular flexibility index (Phi) is 6.30. The van der Waals surface area contributed by atoms with Crippen LogP contribution in [0.5, 0.6) is 17.2 Å². The first kappa shape index (κ1) is 16.9. The van der Waals surface area contributed by atoms with Crippen LogP contribution < -0.4 is 14.2 Å². The molecular formula is C16H25NO5. The number of ether oxygens (including phenoxy) is 4. The Morgan fingerprint density at radius 2 is 1.68 bits per heavy atom. The molecule has 1 aliphatic rings. The lowest BCUT2D eigenvalue weighted by atomic mass is 10.0. The van der Waals surface area contributed by atoms with Crippen LogP contribution in [-0.2, 0) is 4.74 Å². The molecule has 1 unspecified atom stereocenters. The van der Waals surface area contributed by atoms with Crippen LogP contribution in [0.4, 0.5) is 0 Å². The molecular weight excluding hydrogens is 286 g/mol. The van der Waals surface area contributed by atoms with Crippen molar-refractivity contribution in [2.24, 2.45) is 0 Å². The minimum Gasteiger partial charge on any atom is -0.493 e. The molecule has 0 radical (unpaired) electrons. The van der Waals surface area contributed by atoms with Crippen molar-refractivity contribution in [3.63, 3.8) is 0 Å². The van der Waals surface area contributed by atoms with E-state index in [1.54, 1.807) is 33.5 Å². The summed E-state index contributed by atoms with van der Waals surface area (Å²) in [5.41, 5.74) is 0.766. The average molecular weight is 311 g/mol. The van der Waals surface area contributed by atoms with Gasteiger partial charge in [0.05, 0.1) is 40.6 Å². The molecule has 0 spiro atoms. The standard InChI is InChI=1S/C16H25NO5/c1-19-14-10-12(11-15(20-2)16(14)21-3)13(18)4-5-17-6-8-22-9-7-17/h10-11,13,18H,4-9H2,1-3H3. The molecule has 1 aromatic carbocycles. The Morgan fingerprint density at radius 3 is 2.18 bits per heavy atom. The number of rotatable bonds is 7. The molecule has 1 saturated heterocycles. The molecule has 22 heavy (non-hydrogen) atoms. The van der Waals surface area contributed by atoms with Crippen LogP contribution in [0.2, 0.25) is 0 Å². The smallest absolute Gasteiger partial charge is 0.203 e. The summed E-state index contributed by atoms with van der Waals surface area (Å²) in [6.07, 6.45) is 0.0788. The predicted octanol–water partition coefficient (Wildman–Crippen LogP) is 1.47. The van der Waals surface area contributed by atoms with Crippen molar-refractivity contribution < 1.29 is 24.1 Å². The number of methoxy groups -OCH3 is 3. The summed E-state index contributed by atoms with van der Waals surface area (Å²) in [6.45, 7) is 4.20. The van der Waals surface area contributed by atoms with Crippen molar-refractivity contribution in [2.45, 2.75) is 12.5 Å². The SMILES string of the molecule is COc1cc(C(O)CCN2CCOCC2)cc(OC)c1OC. The van der Waals surface area contributed by atoms with Crippen LogP contribution in [0.1, 0.15) is 18.1 Å². The molecule has 0 aliphatic carbocycles. The van der Waals surface area contributed by atoms with Gasteiger partial charge in [-0.1, -0.05) is 0 Å². The van der Waals surface area contributed by atoms with Gasteiger partial charge in [0.15, 0.2) is 11.5 Å². The Morgan fingerprint density at radius 1 is 1.09 bits per heavy atom. The topological polar surface area (TPSA) is 60.4 Å². The number of aliphatic hydroxyl groups excluding tert-OH is 1. The summed E-state index contributed by atoms with van der Waals surface area (Å²) in [4.78, 5) is 2.30. The van der Waals surface area contributed by atoms with E-state index in [1.807, 2.05) is 0 Å². The van der Waals surface area contributed by atoms with E-state index in [0.717, 1.165) is 38.4 Å². The normalized spacial score (nSPS) is 17.1. The highest BCUT2D eigenvalue weighted by atomic mass is 16.5. The lowest BCUT2D eigenvalue weighted by molar-refractivity contribution is 0.0300. The van der Waals surface area contributed by atoms with Crippen LogP contribution in [-0.4, -0.2) is 64.2 Å². The summed E-state index contributed by atoms with van der Waals surface area (Å²) in [7, 11) is 4.71. The monoisotopic (exact) mass is 311 g/mol. The first-order valence-corrected chi connectivity index (χ1v) is 7.47. The van der Waals surface area contributed by atoms with E-state index >= 15 is 0 Å². The summed E-state index contributed by atoms with van der Waals surface area (Å²) >= 11 is 0. The van der Waals surface area contributed by atoms with E-state index in [1.165, 1.54) is 0 Å². The molecule has 1 aliphatic heterocycles. The third-order valence-electron chi connectivity index (χ3n) is 3.89. The maximum Gasteiger partial charge on any atom is 0.203 e. The van der Waals surface area contributed by atoms with E-state index in [0.29, 0.717) is 23.7 Å². The van der Waals surface area contributed by atoms with Gasteiger partial charge in [0.1, 0.15) is 0 Å². The van der Waals surface area contributed by atoms with Gasteiger partial charge >= 0.3 is 0 Å². The number of hydrogen-bond acceptors (Lipinski definition) is 6. The Labute approximate surface area is 131 Å². The van der Waals surface area contributed by atoms with Crippen LogP contribution >= 0.6 is 0 Å². The highest BCUT2D eigenvalue weighted by Crippen LogP contribution is 2.40. The van der Waals surface area contributed by atoms with E-state index < -0.39 is 6.10 Å². The van der Waals surface area contributed by atoms with Crippen molar-refractivity contribution in [1.29, 1.82) is 0 Å². The molecule has 1 atom stereocenters. The molecule has 1 N–H and O–H groups in total. The van der Waals surface area contributed by atoms with Crippen LogP contribution in [0, 0.1) is 0 Å². The fraction of sp³-hybridized carbons (Fsp3) is 0.625. The lowest BCUT2D eigenvalue weighted by Crippen LogP contribution is -2.37. The second kappa shape index (κ2) is 8.22. The van der Waals surface area contributed by atoms with E-state index in [9.17, 15) is 5.11 Å². The van der Waals surface area contributed by atoms with Crippen LogP contribution in [0.15, 0.2) is 12.1 Å². The van der Waals surface area contributed by atoms with Gasteiger partial charge in [0.2, 0.25) is 5.75 Å². The largest absolute Gasteiger partial charge is 0.493 e. The van der Waals surface area contributed by atoms with Crippen LogP contribution in [0.3, 0.4) is 0 Å². The third-order valence-corrected chi connectivity index (χ3v) is 3.89. The quantitative estimate of drug-likeness (QED) is 0.823. The summed E-state index contributed by atoms with van der Waals surface area (Å²) in [5, 5.41) is 10.4. The van der Waals surface area contributed by atoms with Crippen molar-refractivity contribution in [3.05, 3.63) is 17.7 Å². The number of hydrogen-bond donors (Lipinski definition) is 1. The van der Waals surface area contributed by atoms with E-state index in [4.69, 9.17) is 18.9 Å². The van der Waals surface area contributed by atoms with Gasteiger partial charge < -0.3 is 24.1 Å². The molecule has 124 valence electrons. The zero-order valence-electron chi connectivity index (χ0n) is 13.5. The Balaban J connectivity index is 2.06. The van der Waals surface area contributed by atoms with Gasteiger partial charge in [-0.05, 0) is 24.1 Å². The number of morpholine rings is 1. The van der Waals surface area contributed by atoms with Crippen molar-refractivity contribution >= 4 is 0 Å². The molecule has 1 aromatic rings. The molecule has 0 bridgehead atoms. The second-order valence-electron chi connectivity index (χ2n) is 5.22. The zero-order valence-corrected chi connectivity index (χ0v) is 13.5. The highest BCUT2D eigenvalue weighted by molar-refractivity contribution is 5.54. The predicted molar refractivity (Wildman–Crippen MR) is 82.9 cm³/mol. The molecule has 1 fully saturated rings. The minimum absolute atomic E-state index is 0.536. The van der Waals surface area contributed by atoms with E-state index in [2.05, 4.69) is 4.90 Å². The van der Waals surface area contributed by atoms with Gasteiger partial charge in [-0.25, -0.2) is 0 Å². The van der Waals surface area contributed by atoms with Crippen molar-refractivity contribution in [2.75, 3.05) is 54.2 Å². The van der Waals surface area contributed by atoms with Gasteiger partial charge in [-0.3, -0.25) is 4.90 Å². The van der Waals surface area contributed by atoms with Gasteiger partial charge in [-0.2, -0.15) is 0 Å². The second-order valence-corrected chi connectivity index (χ2v) is 5.22. The number of benzene rings is 1. The summed E-state index contributed by atoms with van der Waals surface area (Å²) in [6, 6.07) is 3.59. The molecule has 1 heterocycles. The van der Waals surface area contributed by atoms with Gasteiger partial charge in [-0.15, -0.1) is 0 Å². The zero-order chi connectivity index (χ0) is 15.9. The Bertz CT molecular complexity index is 449. The Hall–Kier alpha value is -1.50. The van der Waals surface area contributed by atoms with Crippen molar-refractivity contribution in [3.8, 4) is 17.2 Å². The highest BCUT2D eigenvalue weighted by Gasteiger charge is 2.18. The molecule has 2 rings (SSSR count). The van der Waals surface area contributed by atoms with Crippen LogP contribution in [0.25, 0.3) is 0 Å². The minimum atomic E-state index is -0.573. The maximum atomic E-state index is 10.4. The van der Waals surface area contributed by atoms with Crippen molar-refractivity contribution in [1.82, 2.24) is 4.90 Å². The fourth-order valence-electron chi connectivity index (χ4n) is 2.59. The molecule has 0 saturated carbocycles. The molecule has 0 amide bonds. The number of nitrogens with zero attached hydrogens (tertiary/aromatic N) is 1. The molecule has 0 aromatic heterocycles. The maximum absolute atomic E-state index is 10.4. The number of aliphatic hydroxyl groups is 1. The average Bonchev–Trinajstić information content (AvgIpc) is 2.59.